The van der Waals surface area contributed by atoms with Crippen molar-refractivity contribution in [1.82, 2.24) is 10.2 Å². The summed E-state index contributed by atoms with van der Waals surface area (Å²) in [4.78, 5) is 38.2. The summed E-state index contributed by atoms with van der Waals surface area (Å²) in [7, 11) is 1.57. The summed E-state index contributed by atoms with van der Waals surface area (Å²) < 4.78 is 15.6. The maximum atomic E-state index is 12.6. The maximum Gasteiger partial charge on any atom is 0.325 e. The zero-order chi connectivity index (χ0) is 21.1. The van der Waals surface area contributed by atoms with Crippen LogP contribution in [0.1, 0.15) is 18.4 Å². The fourth-order valence-corrected chi connectivity index (χ4v) is 3.31. The molecule has 30 heavy (non-hydrogen) atoms. The predicted molar refractivity (Wildman–Crippen MR) is 106 cm³/mol. The van der Waals surface area contributed by atoms with Gasteiger partial charge in [-0.3, -0.25) is 14.5 Å². The summed E-state index contributed by atoms with van der Waals surface area (Å²) in [5.41, 5.74) is 1.38. The first kappa shape index (κ1) is 19.6. The van der Waals surface area contributed by atoms with E-state index in [-0.39, 0.29) is 38.0 Å². The van der Waals surface area contributed by atoms with Crippen molar-refractivity contribution >= 4 is 23.5 Å². The first-order valence-electron chi connectivity index (χ1n) is 9.48. The highest BCUT2D eigenvalue weighted by atomic mass is 16.7. The SMILES string of the molecule is COc1ccc(CN2C(=O)NC(CCC(=O)Nc3ccc4c(c3)OCO4)C2=O)cc1. The molecule has 2 aliphatic rings. The van der Waals surface area contributed by atoms with E-state index in [1.165, 1.54) is 0 Å². The Morgan fingerprint density at radius 3 is 2.70 bits per heavy atom. The van der Waals surface area contributed by atoms with Gasteiger partial charge in [0.05, 0.1) is 13.7 Å². The van der Waals surface area contributed by atoms with Gasteiger partial charge in [-0.15, -0.1) is 0 Å². The number of rotatable bonds is 7. The number of fused-ring (bicyclic) bond motifs is 1. The summed E-state index contributed by atoms with van der Waals surface area (Å²) in [5.74, 6) is 1.29. The number of imide groups is 1. The van der Waals surface area contributed by atoms with Crippen LogP contribution < -0.4 is 24.8 Å². The highest BCUT2D eigenvalue weighted by molar-refractivity contribution is 6.04. The number of urea groups is 1. The molecule has 0 aliphatic carbocycles. The Balaban J connectivity index is 1.29. The Bertz CT molecular complexity index is 975. The molecule has 0 bridgehead atoms. The van der Waals surface area contributed by atoms with Crippen LogP contribution in [0.15, 0.2) is 42.5 Å². The van der Waals surface area contributed by atoms with Crippen LogP contribution in [0.3, 0.4) is 0 Å². The van der Waals surface area contributed by atoms with Gasteiger partial charge in [0.15, 0.2) is 11.5 Å². The Morgan fingerprint density at radius 2 is 1.93 bits per heavy atom. The van der Waals surface area contributed by atoms with Gasteiger partial charge in [0.1, 0.15) is 11.8 Å². The quantitative estimate of drug-likeness (QED) is 0.677. The predicted octanol–water partition coefficient (Wildman–Crippen LogP) is 2.26. The van der Waals surface area contributed by atoms with Gasteiger partial charge in [-0.05, 0) is 36.2 Å². The van der Waals surface area contributed by atoms with E-state index in [1.807, 2.05) is 0 Å². The lowest BCUT2D eigenvalue weighted by molar-refractivity contribution is -0.128. The van der Waals surface area contributed by atoms with E-state index in [9.17, 15) is 14.4 Å². The zero-order valence-corrected chi connectivity index (χ0v) is 16.3. The Labute approximate surface area is 172 Å². The Kier molecular flexibility index (Phi) is 5.42. The number of nitrogens with zero attached hydrogens (tertiary/aromatic N) is 1. The second kappa shape index (κ2) is 8.32. The van der Waals surface area contributed by atoms with Crippen LogP contribution in [0.5, 0.6) is 17.2 Å². The van der Waals surface area contributed by atoms with E-state index in [1.54, 1.807) is 49.6 Å². The van der Waals surface area contributed by atoms with Crippen molar-refractivity contribution in [3.05, 3.63) is 48.0 Å². The molecule has 1 saturated heterocycles. The molecule has 2 aliphatic heterocycles. The monoisotopic (exact) mass is 411 g/mol. The van der Waals surface area contributed by atoms with Gasteiger partial charge >= 0.3 is 6.03 Å². The minimum atomic E-state index is -0.724. The van der Waals surface area contributed by atoms with Crippen molar-refractivity contribution in [2.24, 2.45) is 0 Å². The molecule has 4 rings (SSSR count). The Morgan fingerprint density at radius 1 is 1.17 bits per heavy atom. The normalized spacial score (nSPS) is 17.1. The van der Waals surface area contributed by atoms with Gasteiger partial charge in [-0.2, -0.15) is 0 Å². The van der Waals surface area contributed by atoms with E-state index in [4.69, 9.17) is 14.2 Å². The molecule has 1 fully saturated rings. The molecule has 156 valence electrons. The minimum Gasteiger partial charge on any atom is -0.497 e. The summed E-state index contributed by atoms with van der Waals surface area (Å²) in [5, 5.41) is 5.41. The van der Waals surface area contributed by atoms with Crippen molar-refractivity contribution in [2.45, 2.75) is 25.4 Å². The molecular formula is C21H21N3O6. The van der Waals surface area contributed by atoms with Gasteiger partial charge in [-0.25, -0.2) is 4.79 Å². The highest BCUT2D eigenvalue weighted by Gasteiger charge is 2.37. The molecule has 0 aromatic heterocycles. The second-order valence-electron chi connectivity index (χ2n) is 6.93. The Hall–Kier alpha value is -3.75. The molecule has 1 unspecified atom stereocenters. The molecule has 0 spiro atoms. The first-order chi connectivity index (χ1) is 14.5. The number of hydrogen-bond donors (Lipinski definition) is 2. The van der Waals surface area contributed by atoms with Crippen LogP contribution in [0, 0.1) is 0 Å². The molecule has 4 amide bonds. The lowest BCUT2D eigenvalue weighted by Gasteiger charge is -2.13. The molecule has 2 heterocycles. The van der Waals surface area contributed by atoms with Crippen LogP contribution in [0.2, 0.25) is 0 Å². The van der Waals surface area contributed by atoms with Gasteiger partial charge in [0.25, 0.3) is 5.91 Å². The van der Waals surface area contributed by atoms with E-state index >= 15 is 0 Å². The zero-order valence-electron chi connectivity index (χ0n) is 16.3. The lowest BCUT2D eigenvalue weighted by atomic mass is 10.1. The number of carbonyl (C=O) groups excluding carboxylic acids is 3. The molecule has 2 N–H and O–H groups in total. The van der Waals surface area contributed by atoms with Gasteiger partial charge in [0, 0.05) is 18.2 Å². The van der Waals surface area contributed by atoms with Crippen molar-refractivity contribution in [2.75, 3.05) is 19.2 Å². The van der Waals surface area contributed by atoms with Crippen LogP contribution in [-0.2, 0) is 16.1 Å². The lowest BCUT2D eigenvalue weighted by Crippen LogP contribution is -2.31. The van der Waals surface area contributed by atoms with Gasteiger partial charge in [0.2, 0.25) is 12.7 Å². The number of anilines is 1. The van der Waals surface area contributed by atoms with Crippen molar-refractivity contribution in [1.29, 1.82) is 0 Å². The molecule has 2 aromatic rings. The number of methoxy groups -OCH3 is 1. The number of ether oxygens (including phenoxy) is 3. The van der Waals surface area contributed by atoms with E-state index in [0.717, 1.165) is 10.5 Å². The molecule has 9 nitrogen and oxygen atoms in total. The van der Waals surface area contributed by atoms with Crippen molar-refractivity contribution in [3.8, 4) is 17.2 Å². The summed E-state index contributed by atoms with van der Waals surface area (Å²) in [6.07, 6.45) is 0.293. The number of nitrogens with one attached hydrogen (secondary N) is 2. The van der Waals surface area contributed by atoms with E-state index < -0.39 is 12.1 Å². The smallest absolute Gasteiger partial charge is 0.325 e. The van der Waals surface area contributed by atoms with Crippen LogP contribution in [0.25, 0.3) is 0 Å². The van der Waals surface area contributed by atoms with Gasteiger partial charge < -0.3 is 24.8 Å². The van der Waals surface area contributed by atoms with Crippen LogP contribution >= 0.6 is 0 Å². The third-order valence-electron chi connectivity index (χ3n) is 4.92. The minimum absolute atomic E-state index is 0.0848. The average Bonchev–Trinajstić information content (AvgIpc) is 3.32. The van der Waals surface area contributed by atoms with E-state index in [0.29, 0.717) is 22.9 Å². The standard InChI is InChI=1S/C21H21N3O6/c1-28-15-5-2-13(3-6-15)11-24-20(26)16(23-21(24)27)7-9-19(25)22-14-4-8-17-18(10-14)30-12-29-17/h2-6,8,10,16H,7,9,11-12H2,1H3,(H,22,25)(H,23,27). The van der Waals surface area contributed by atoms with Gasteiger partial charge in [-0.1, -0.05) is 12.1 Å². The third kappa shape index (κ3) is 4.14. The number of amides is 4. The fourth-order valence-electron chi connectivity index (χ4n) is 3.31. The second-order valence-corrected chi connectivity index (χ2v) is 6.93. The third-order valence-corrected chi connectivity index (χ3v) is 4.92. The first-order valence-corrected chi connectivity index (χ1v) is 9.48. The molecule has 9 heteroatoms. The largest absolute Gasteiger partial charge is 0.497 e. The molecule has 2 aromatic carbocycles. The highest BCUT2D eigenvalue weighted by Crippen LogP contribution is 2.34. The average molecular weight is 411 g/mol. The molecule has 0 radical (unpaired) electrons. The van der Waals surface area contributed by atoms with Crippen molar-refractivity contribution in [3.63, 3.8) is 0 Å². The van der Waals surface area contributed by atoms with E-state index in [2.05, 4.69) is 10.6 Å². The van der Waals surface area contributed by atoms with Crippen LogP contribution in [-0.4, -0.2) is 42.7 Å². The molecular weight excluding hydrogens is 390 g/mol. The number of benzene rings is 2. The number of hydrogen-bond acceptors (Lipinski definition) is 6. The maximum absolute atomic E-state index is 12.6. The fraction of sp³-hybridized carbons (Fsp3) is 0.286. The summed E-state index contributed by atoms with van der Waals surface area (Å²) in [6.45, 7) is 0.317. The topological polar surface area (TPSA) is 106 Å². The summed E-state index contributed by atoms with van der Waals surface area (Å²) >= 11 is 0. The number of carbonyl (C=O) groups is 3. The van der Waals surface area contributed by atoms with Crippen molar-refractivity contribution < 1.29 is 28.6 Å². The van der Waals surface area contributed by atoms with Crippen LogP contribution in [0.4, 0.5) is 10.5 Å². The molecule has 1 atom stereocenters. The molecule has 0 saturated carbocycles. The summed E-state index contributed by atoms with van der Waals surface area (Å²) in [6, 6.07) is 11.1.